The van der Waals surface area contributed by atoms with Gasteiger partial charge in [0.15, 0.2) is 0 Å². The number of hydrogen-bond donors (Lipinski definition) is 2. The number of H-pyrrole nitrogens is 1. The van der Waals surface area contributed by atoms with Crippen molar-refractivity contribution in [2.45, 2.75) is 71.6 Å². The number of nitrogens with one attached hydrogen (secondary N) is 2. The highest BCUT2D eigenvalue weighted by Gasteiger charge is 2.54. The van der Waals surface area contributed by atoms with Gasteiger partial charge in [-0.05, 0) is 81.4 Å². The minimum absolute atomic E-state index is 0.0464. The third-order valence-corrected chi connectivity index (χ3v) is 8.67. The molecule has 0 unspecified atom stereocenters. The molecule has 3 aromatic heterocycles. The number of ether oxygens (including phenoxy) is 1. The van der Waals surface area contributed by atoms with Crippen LogP contribution in [0.1, 0.15) is 74.1 Å². The molecule has 1 aliphatic carbocycles. The van der Waals surface area contributed by atoms with Gasteiger partial charge < -0.3 is 19.9 Å². The lowest BCUT2D eigenvalue weighted by molar-refractivity contribution is -0.0813. The van der Waals surface area contributed by atoms with E-state index in [1.807, 2.05) is 52.1 Å². The SMILES string of the molecule is CCc1cc2ncc(CN3CC=C(c4ccc(C(=O)NC5CC6(C5)CN(C(=O)OC(C)(C)C)C6)nc4)CC3)cc2[nH]c1=O. The average Bonchev–Trinajstić information content (AvgIpc) is 2.92. The lowest BCUT2D eigenvalue weighted by Crippen LogP contribution is -2.67. The summed E-state index contributed by atoms with van der Waals surface area (Å²) in [4.78, 5) is 53.4. The van der Waals surface area contributed by atoms with E-state index >= 15 is 0 Å². The van der Waals surface area contributed by atoms with Crippen molar-refractivity contribution in [3.8, 4) is 0 Å². The van der Waals surface area contributed by atoms with E-state index in [-0.39, 0.29) is 29.0 Å². The number of amides is 2. The molecule has 1 saturated heterocycles. The number of hydrogen-bond acceptors (Lipinski definition) is 7. The van der Waals surface area contributed by atoms with Crippen molar-refractivity contribution in [1.29, 1.82) is 0 Å². The lowest BCUT2D eigenvalue weighted by atomic mass is 9.61. The van der Waals surface area contributed by atoms with Crippen molar-refractivity contribution >= 4 is 28.6 Å². The van der Waals surface area contributed by atoms with Crippen LogP contribution in [0.5, 0.6) is 0 Å². The van der Waals surface area contributed by atoms with E-state index < -0.39 is 5.60 Å². The number of aromatic amines is 1. The number of aromatic nitrogens is 3. The molecule has 3 aliphatic rings. The zero-order valence-electron chi connectivity index (χ0n) is 25.4. The number of pyridine rings is 3. The van der Waals surface area contributed by atoms with Gasteiger partial charge in [-0.3, -0.25) is 24.5 Å². The maximum Gasteiger partial charge on any atom is 0.410 e. The Bertz CT molecular complexity index is 1620. The Hall–Kier alpha value is -4.05. The van der Waals surface area contributed by atoms with Gasteiger partial charge in [-0.1, -0.05) is 19.1 Å². The van der Waals surface area contributed by atoms with Gasteiger partial charge in [-0.15, -0.1) is 0 Å². The van der Waals surface area contributed by atoms with Crippen LogP contribution in [0, 0.1) is 5.41 Å². The second-order valence-electron chi connectivity index (χ2n) is 13.3. The number of nitrogens with zero attached hydrogens (tertiary/aromatic N) is 4. The molecule has 2 N–H and O–H groups in total. The van der Waals surface area contributed by atoms with Crippen molar-refractivity contribution in [3.63, 3.8) is 0 Å². The largest absolute Gasteiger partial charge is 0.444 e. The fourth-order valence-electron chi connectivity index (χ4n) is 6.43. The summed E-state index contributed by atoms with van der Waals surface area (Å²) in [5.74, 6) is -0.158. The van der Waals surface area contributed by atoms with E-state index in [0.29, 0.717) is 25.2 Å². The third-order valence-electron chi connectivity index (χ3n) is 8.67. The standard InChI is InChI=1S/C33H40N6O4/c1-5-22-13-27-28(37-29(22)40)12-21(16-34-27)18-38-10-8-23(9-11-38)24-6-7-26(35-17-24)30(41)36-25-14-33(15-25)19-39(20-33)31(42)43-32(2,3)4/h6-8,12-13,16-17,25H,5,9-11,14-15,18-20H2,1-4H3,(H,36,41)(H,37,40). The molecule has 2 fully saturated rings. The Morgan fingerprint density at radius 1 is 1.14 bits per heavy atom. The van der Waals surface area contributed by atoms with E-state index in [1.165, 1.54) is 5.57 Å². The maximum atomic E-state index is 12.8. The van der Waals surface area contributed by atoms with E-state index in [1.54, 1.807) is 17.2 Å². The summed E-state index contributed by atoms with van der Waals surface area (Å²) >= 11 is 0. The summed E-state index contributed by atoms with van der Waals surface area (Å²) in [7, 11) is 0. The first kappa shape index (κ1) is 29.0. The molecule has 2 aliphatic heterocycles. The molecule has 43 heavy (non-hydrogen) atoms. The summed E-state index contributed by atoms with van der Waals surface area (Å²) in [5, 5.41) is 3.10. The van der Waals surface area contributed by atoms with Gasteiger partial charge in [0.05, 0.1) is 11.0 Å². The number of aryl methyl sites for hydroxylation is 1. The molecule has 10 heteroatoms. The van der Waals surface area contributed by atoms with Crippen molar-refractivity contribution < 1.29 is 14.3 Å². The third kappa shape index (κ3) is 6.34. The topological polar surface area (TPSA) is 121 Å². The van der Waals surface area contributed by atoms with Crippen molar-refractivity contribution in [3.05, 3.63) is 75.5 Å². The van der Waals surface area contributed by atoms with Crippen molar-refractivity contribution in [2.24, 2.45) is 5.41 Å². The molecule has 0 radical (unpaired) electrons. The molecule has 2 amide bonds. The Kier molecular flexibility index (Phi) is 7.58. The monoisotopic (exact) mass is 584 g/mol. The summed E-state index contributed by atoms with van der Waals surface area (Å²) < 4.78 is 5.45. The Balaban J connectivity index is 0.974. The van der Waals surface area contributed by atoms with Crippen LogP contribution in [0.4, 0.5) is 4.79 Å². The minimum Gasteiger partial charge on any atom is -0.444 e. The minimum atomic E-state index is -0.494. The lowest BCUT2D eigenvalue weighted by Gasteiger charge is -2.58. The summed E-state index contributed by atoms with van der Waals surface area (Å²) in [6.45, 7) is 11.4. The molecular weight excluding hydrogens is 544 g/mol. The Morgan fingerprint density at radius 2 is 1.93 bits per heavy atom. The molecular formula is C33H40N6O4. The first-order chi connectivity index (χ1) is 20.5. The molecule has 226 valence electrons. The normalized spacial score (nSPS) is 18.6. The van der Waals surface area contributed by atoms with Gasteiger partial charge in [0.25, 0.3) is 11.5 Å². The molecule has 6 rings (SSSR count). The van der Waals surface area contributed by atoms with Crippen LogP contribution in [0.15, 0.2) is 47.5 Å². The average molecular weight is 585 g/mol. The van der Waals surface area contributed by atoms with Gasteiger partial charge in [0.2, 0.25) is 0 Å². The van der Waals surface area contributed by atoms with Crippen molar-refractivity contribution in [2.75, 3.05) is 26.2 Å². The highest BCUT2D eigenvalue weighted by Crippen LogP contribution is 2.48. The Morgan fingerprint density at radius 3 is 2.58 bits per heavy atom. The van der Waals surface area contributed by atoms with Crippen LogP contribution >= 0.6 is 0 Å². The van der Waals surface area contributed by atoms with Crippen LogP contribution in [0.2, 0.25) is 0 Å². The zero-order valence-corrected chi connectivity index (χ0v) is 25.4. The number of likely N-dealkylation sites (tertiary alicyclic amines) is 1. The number of fused-ring (bicyclic) bond motifs is 1. The van der Waals surface area contributed by atoms with Crippen molar-refractivity contribution in [1.82, 2.24) is 30.1 Å². The van der Waals surface area contributed by atoms with Crippen LogP contribution < -0.4 is 10.9 Å². The zero-order chi connectivity index (χ0) is 30.4. The summed E-state index contributed by atoms with van der Waals surface area (Å²) in [5.41, 5.74) is 5.64. The van der Waals surface area contributed by atoms with Gasteiger partial charge in [-0.2, -0.15) is 0 Å². The van der Waals surface area contributed by atoms with Gasteiger partial charge in [0.1, 0.15) is 11.3 Å². The quantitative estimate of drug-likeness (QED) is 0.443. The van der Waals surface area contributed by atoms with E-state index in [0.717, 1.165) is 66.6 Å². The first-order valence-corrected chi connectivity index (χ1v) is 15.2. The van der Waals surface area contributed by atoms with E-state index in [4.69, 9.17) is 4.74 Å². The predicted molar refractivity (Wildman–Crippen MR) is 165 cm³/mol. The highest BCUT2D eigenvalue weighted by molar-refractivity contribution is 5.92. The number of carbonyl (C=O) groups is 2. The van der Waals surface area contributed by atoms with E-state index in [2.05, 4.69) is 31.2 Å². The van der Waals surface area contributed by atoms with Crippen LogP contribution in [0.25, 0.3) is 16.6 Å². The second kappa shape index (κ2) is 11.2. The molecule has 1 saturated carbocycles. The molecule has 3 aromatic rings. The fourth-order valence-corrected chi connectivity index (χ4v) is 6.43. The molecule has 1 spiro atoms. The Labute approximate surface area is 251 Å². The van der Waals surface area contributed by atoms with Gasteiger partial charge in [0, 0.05) is 62.1 Å². The number of carbonyl (C=O) groups excluding carboxylic acids is 2. The molecule has 0 bridgehead atoms. The predicted octanol–water partition coefficient (Wildman–Crippen LogP) is 4.30. The highest BCUT2D eigenvalue weighted by atomic mass is 16.6. The molecule has 0 atom stereocenters. The smallest absolute Gasteiger partial charge is 0.410 e. The van der Waals surface area contributed by atoms with Gasteiger partial charge >= 0.3 is 6.09 Å². The van der Waals surface area contributed by atoms with Crippen LogP contribution in [-0.4, -0.2) is 74.6 Å². The summed E-state index contributed by atoms with van der Waals surface area (Å²) in [6, 6.07) is 7.77. The van der Waals surface area contributed by atoms with Gasteiger partial charge in [-0.25, -0.2) is 4.79 Å². The first-order valence-electron chi connectivity index (χ1n) is 15.2. The second-order valence-corrected chi connectivity index (χ2v) is 13.3. The fraction of sp³-hybridized carbons (Fsp3) is 0.485. The molecule has 0 aromatic carbocycles. The molecule has 10 nitrogen and oxygen atoms in total. The molecule has 5 heterocycles. The maximum absolute atomic E-state index is 12.8. The van der Waals surface area contributed by atoms with Crippen LogP contribution in [0.3, 0.4) is 0 Å². The van der Waals surface area contributed by atoms with E-state index in [9.17, 15) is 14.4 Å². The van der Waals surface area contributed by atoms with Crippen LogP contribution in [-0.2, 0) is 17.7 Å². The number of rotatable bonds is 6. The summed E-state index contributed by atoms with van der Waals surface area (Å²) in [6.07, 6.45) is 8.94.